The molecule has 1 aromatic carbocycles. The van der Waals surface area contributed by atoms with Crippen molar-refractivity contribution in [3.05, 3.63) is 23.8 Å². The number of benzene rings is 1. The molecule has 1 fully saturated rings. The minimum atomic E-state index is 0.000370. The SMILES string of the molecule is Cc1cccc(N)c1NC(=O)CN(C)C1CC1. The molecule has 0 bridgehead atoms. The molecule has 0 aromatic heterocycles. The van der Waals surface area contributed by atoms with Gasteiger partial charge in [-0.25, -0.2) is 0 Å². The number of anilines is 2. The van der Waals surface area contributed by atoms with Gasteiger partial charge in [0.15, 0.2) is 0 Å². The Hall–Kier alpha value is -1.55. The summed E-state index contributed by atoms with van der Waals surface area (Å²) in [6, 6.07) is 6.22. The van der Waals surface area contributed by atoms with Crippen LogP contribution in [0.5, 0.6) is 0 Å². The molecule has 0 saturated heterocycles. The molecule has 0 atom stereocenters. The molecule has 4 nitrogen and oxygen atoms in total. The van der Waals surface area contributed by atoms with Crippen molar-refractivity contribution in [1.82, 2.24) is 4.90 Å². The number of nitrogen functional groups attached to an aromatic ring is 1. The van der Waals surface area contributed by atoms with E-state index in [9.17, 15) is 4.79 Å². The first-order chi connectivity index (χ1) is 8.08. The third kappa shape index (κ3) is 2.97. The van der Waals surface area contributed by atoms with E-state index in [0.717, 1.165) is 11.3 Å². The van der Waals surface area contributed by atoms with Crippen LogP contribution in [0, 0.1) is 6.92 Å². The normalized spacial score (nSPS) is 15.0. The summed E-state index contributed by atoms with van der Waals surface area (Å²) in [6.07, 6.45) is 2.41. The molecule has 3 N–H and O–H groups in total. The smallest absolute Gasteiger partial charge is 0.238 e. The van der Waals surface area contributed by atoms with Gasteiger partial charge in [-0.05, 0) is 38.4 Å². The number of rotatable bonds is 4. The third-order valence-electron chi connectivity index (χ3n) is 3.13. The Labute approximate surface area is 102 Å². The Morgan fingerprint density at radius 2 is 2.24 bits per heavy atom. The number of likely N-dealkylation sites (N-methyl/N-ethyl adjacent to an activating group) is 1. The number of nitrogens with two attached hydrogens (primary N) is 1. The Morgan fingerprint density at radius 1 is 1.53 bits per heavy atom. The van der Waals surface area contributed by atoms with E-state index in [2.05, 4.69) is 10.2 Å². The molecule has 0 heterocycles. The fourth-order valence-corrected chi connectivity index (χ4v) is 1.91. The minimum Gasteiger partial charge on any atom is -0.397 e. The molecule has 1 aliphatic rings. The highest BCUT2D eigenvalue weighted by atomic mass is 16.2. The second-order valence-electron chi connectivity index (χ2n) is 4.73. The van der Waals surface area contributed by atoms with Crippen molar-refractivity contribution in [1.29, 1.82) is 0 Å². The van der Waals surface area contributed by atoms with Crippen LogP contribution in [0.15, 0.2) is 18.2 Å². The van der Waals surface area contributed by atoms with Crippen LogP contribution in [0.2, 0.25) is 0 Å². The largest absolute Gasteiger partial charge is 0.397 e. The van der Waals surface area contributed by atoms with Crippen molar-refractivity contribution in [2.75, 3.05) is 24.6 Å². The zero-order chi connectivity index (χ0) is 12.4. The van der Waals surface area contributed by atoms with Crippen molar-refractivity contribution in [3.63, 3.8) is 0 Å². The number of amides is 1. The van der Waals surface area contributed by atoms with Crippen LogP contribution in [0.4, 0.5) is 11.4 Å². The summed E-state index contributed by atoms with van der Waals surface area (Å²) in [4.78, 5) is 13.9. The Morgan fingerprint density at radius 3 is 2.82 bits per heavy atom. The number of para-hydroxylation sites is 1. The molecule has 0 radical (unpaired) electrons. The van der Waals surface area contributed by atoms with Crippen LogP contribution in [0.1, 0.15) is 18.4 Å². The van der Waals surface area contributed by atoms with Crippen molar-refractivity contribution < 1.29 is 4.79 Å². The van der Waals surface area contributed by atoms with E-state index in [4.69, 9.17) is 5.73 Å². The maximum atomic E-state index is 11.9. The predicted molar refractivity (Wildman–Crippen MR) is 69.9 cm³/mol. The maximum Gasteiger partial charge on any atom is 0.238 e. The Balaban J connectivity index is 1.97. The fourth-order valence-electron chi connectivity index (χ4n) is 1.91. The number of aryl methyl sites for hydroxylation is 1. The molecule has 1 aromatic rings. The summed E-state index contributed by atoms with van der Waals surface area (Å²) in [5.41, 5.74) is 8.19. The van der Waals surface area contributed by atoms with Crippen LogP contribution in [-0.2, 0) is 4.79 Å². The summed E-state index contributed by atoms with van der Waals surface area (Å²) in [5.74, 6) is 0.000370. The van der Waals surface area contributed by atoms with Crippen LogP contribution < -0.4 is 11.1 Å². The van der Waals surface area contributed by atoms with Gasteiger partial charge < -0.3 is 11.1 Å². The highest BCUT2D eigenvalue weighted by Gasteiger charge is 2.27. The number of nitrogens with zero attached hydrogens (tertiary/aromatic N) is 1. The molecule has 92 valence electrons. The van der Waals surface area contributed by atoms with E-state index in [1.165, 1.54) is 12.8 Å². The van der Waals surface area contributed by atoms with Gasteiger partial charge in [-0.2, -0.15) is 0 Å². The third-order valence-corrected chi connectivity index (χ3v) is 3.13. The van der Waals surface area contributed by atoms with E-state index in [0.29, 0.717) is 18.3 Å². The highest BCUT2D eigenvalue weighted by molar-refractivity contribution is 5.96. The van der Waals surface area contributed by atoms with Crippen LogP contribution in [-0.4, -0.2) is 30.4 Å². The minimum absolute atomic E-state index is 0.000370. The van der Waals surface area contributed by atoms with Crippen LogP contribution >= 0.6 is 0 Å². The summed E-state index contributed by atoms with van der Waals surface area (Å²) < 4.78 is 0. The van der Waals surface area contributed by atoms with Crippen LogP contribution in [0.25, 0.3) is 0 Å². The van der Waals surface area contributed by atoms with Gasteiger partial charge in [0.1, 0.15) is 0 Å². The quantitative estimate of drug-likeness (QED) is 0.777. The monoisotopic (exact) mass is 233 g/mol. The van der Waals surface area contributed by atoms with Crippen molar-refractivity contribution in [3.8, 4) is 0 Å². The lowest BCUT2D eigenvalue weighted by Gasteiger charge is -2.16. The van der Waals surface area contributed by atoms with E-state index in [-0.39, 0.29) is 5.91 Å². The number of nitrogens with one attached hydrogen (secondary N) is 1. The molecule has 4 heteroatoms. The predicted octanol–water partition coefficient (Wildman–Crippen LogP) is 1.61. The van der Waals surface area contributed by atoms with Crippen molar-refractivity contribution >= 4 is 17.3 Å². The van der Waals surface area contributed by atoms with Gasteiger partial charge in [0.25, 0.3) is 0 Å². The molecule has 0 aliphatic heterocycles. The summed E-state index contributed by atoms with van der Waals surface area (Å²) >= 11 is 0. The average Bonchev–Trinajstić information content (AvgIpc) is 3.07. The molecule has 1 saturated carbocycles. The van der Waals surface area contributed by atoms with Gasteiger partial charge in [0.2, 0.25) is 5.91 Å². The van der Waals surface area contributed by atoms with Crippen molar-refractivity contribution in [2.45, 2.75) is 25.8 Å². The van der Waals surface area contributed by atoms with Crippen LogP contribution in [0.3, 0.4) is 0 Å². The second kappa shape index (κ2) is 4.75. The Kier molecular flexibility index (Phi) is 3.33. The number of hydrogen-bond acceptors (Lipinski definition) is 3. The molecule has 2 rings (SSSR count). The molecule has 1 aliphatic carbocycles. The molecule has 0 spiro atoms. The van der Waals surface area contributed by atoms with E-state index >= 15 is 0 Å². The number of carbonyl (C=O) groups is 1. The van der Waals surface area contributed by atoms with Crippen molar-refractivity contribution in [2.24, 2.45) is 0 Å². The number of carbonyl (C=O) groups excluding carboxylic acids is 1. The summed E-state index contributed by atoms with van der Waals surface area (Å²) in [5, 5.41) is 2.89. The van der Waals surface area contributed by atoms with E-state index in [1.54, 1.807) is 6.07 Å². The van der Waals surface area contributed by atoms with E-state index in [1.807, 2.05) is 26.1 Å². The first-order valence-corrected chi connectivity index (χ1v) is 5.93. The first kappa shape index (κ1) is 11.9. The van der Waals surface area contributed by atoms with Gasteiger partial charge in [0.05, 0.1) is 17.9 Å². The molecule has 0 unspecified atom stereocenters. The molecular formula is C13H19N3O. The average molecular weight is 233 g/mol. The lowest BCUT2D eigenvalue weighted by molar-refractivity contribution is -0.117. The molecular weight excluding hydrogens is 214 g/mol. The maximum absolute atomic E-state index is 11.9. The second-order valence-corrected chi connectivity index (χ2v) is 4.73. The zero-order valence-electron chi connectivity index (χ0n) is 10.4. The first-order valence-electron chi connectivity index (χ1n) is 5.93. The summed E-state index contributed by atoms with van der Waals surface area (Å²) in [7, 11) is 1.98. The zero-order valence-corrected chi connectivity index (χ0v) is 10.4. The lowest BCUT2D eigenvalue weighted by atomic mass is 10.1. The number of hydrogen-bond donors (Lipinski definition) is 2. The van der Waals surface area contributed by atoms with Gasteiger partial charge in [-0.1, -0.05) is 12.1 Å². The fraction of sp³-hybridized carbons (Fsp3) is 0.462. The Bertz CT molecular complexity index is 406. The summed E-state index contributed by atoms with van der Waals surface area (Å²) in [6.45, 7) is 2.37. The van der Waals surface area contributed by atoms with Gasteiger partial charge in [0, 0.05) is 6.04 Å². The van der Waals surface area contributed by atoms with Gasteiger partial charge in [-0.15, -0.1) is 0 Å². The van der Waals surface area contributed by atoms with E-state index < -0.39 is 0 Å². The highest BCUT2D eigenvalue weighted by Crippen LogP contribution is 2.26. The topological polar surface area (TPSA) is 58.4 Å². The lowest BCUT2D eigenvalue weighted by Crippen LogP contribution is -2.32. The van der Waals surface area contributed by atoms with Gasteiger partial charge >= 0.3 is 0 Å². The molecule has 1 amide bonds. The standard InChI is InChI=1S/C13H19N3O/c1-9-4-3-5-11(14)13(9)15-12(17)8-16(2)10-6-7-10/h3-5,10H,6-8,14H2,1-2H3,(H,15,17). The molecule has 17 heavy (non-hydrogen) atoms. The van der Waals surface area contributed by atoms with Gasteiger partial charge in [-0.3, -0.25) is 9.69 Å².